The predicted molar refractivity (Wildman–Crippen MR) is 67.4 cm³/mol. The van der Waals surface area contributed by atoms with Gasteiger partial charge in [-0.3, -0.25) is 0 Å². The van der Waals surface area contributed by atoms with Gasteiger partial charge in [-0.2, -0.15) is 0 Å². The number of hydrogen-bond donors (Lipinski definition) is 1. The quantitative estimate of drug-likeness (QED) is 0.740. The first kappa shape index (κ1) is 12.3. The second-order valence-electron chi connectivity index (χ2n) is 3.96. The Bertz CT molecular complexity index is 274. The maximum Gasteiger partial charge on any atom is 0.00201 e. The second-order valence-corrected chi connectivity index (χ2v) is 3.96. The zero-order valence-corrected chi connectivity index (χ0v) is 10.2. The summed E-state index contributed by atoms with van der Waals surface area (Å²) in [5.41, 5.74) is 2.88. The molecule has 1 nitrogen and oxygen atoms in total. The molecule has 2 rings (SSSR count). The Hall–Kier alpha value is -0.820. The number of aryl methyl sites for hydroxylation is 1. The van der Waals surface area contributed by atoms with Crippen molar-refractivity contribution in [1.29, 1.82) is 0 Å². The molecule has 0 radical (unpaired) electrons. The molecule has 1 heteroatoms. The third-order valence-electron chi connectivity index (χ3n) is 2.81. The van der Waals surface area contributed by atoms with Crippen molar-refractivity contribution in [2.24, 2.45) is 0 Å². The van der Waals surface area contributed by atoms with Crippen LogP contribution in [0.15, 0.2) is 24.3 Å². The normalized spacial score (nSPS) is 20.3. The van der Waals surface area contributed by atoms with Gasteiger partial charge < -0.3 is 5.32 Å². The van der Waals surface area contributed by atoms with Crippen LogP contribution in [0.1, 0.15) is 43.7 Å². The van der Waals surface area contributed by atoms with Gasteiger partial charge in [0, 0.05) is 6.54 Å². The fraction of sp³-hybridized carbons (Fsp3) is 0.571. The van der Waals surface area contributed by atoms with Gasteiger partial charge in [0.2, 0.25) is 0 Å². The van der Waals surface area contributed by atoms with E-state index in [2.05, 4.69) is 36.5 Å². The molecular weight excluding hydrogens is 182 g/mol. The first-order valence-corrected chi connectivity index (χ1v) is 6.13. The minimum Gasteiger partial charge on any atom is -0.316 e. The summed E-state index contributed by atoms with van der Waals surface area (Å²) in [5.74, 6) is 0.744. The van der Waals surface area contributed by atoms with E-state index in [1.54, 1.807) is 0 Å². The third kappa shape index (κ3) is 3.67. The number of benzene rings is 1. The molecule has 1 aliphatic rings. The van der Waals surface area contributed by atoms with Crippen molar-refractivity contribution < 1.29 is 0 Å². The number of rotatable bonds is 1. The van der Waals surface area contributed by atoms with E-state index in [0.29, 0.717) is 0 Å². The molecule has 1 saturated heterocycles. The number of nitrogens with one attached hydrogen (secondary N) is 1. The van der Waals surface area contributed by atoms with Crippen molar-refractivity contribution in [2.75, 3.05) is 13.1 Å². The zero-order valence-electron chi connectivity index (χ0n) is 10.2. The van der Waals surface area contributed by atoms with E-state index in [-0.39, 0.29) is 0 Å². The van der Waals surface area contributed by atoms with Crippen LogP contribution in [0, 0.1) is 6.92 Å². The van der Waals surface area contributed by atoms with Crippen LogP contribution < -0.4 is 5.32 Å². The maximum absolute atomic E-state index is 3.45. The Labute approximate surface area is 93.9 Å². The largest absolute Gasteiger partial charge is 0.316 e. The van der Waals surface area contributed by atoms with Crippen LogP contribution >= 0.6 is 0 Å². The molecule has 1 N–H and O–H groups in total. The van der Waals surface area contributed by atoms with E-state index < -0.39 is 0 Å². The van der Waals surface area contributed by atoms with Gasteiger partial charge in [0.15, 0.2) is 0 Å². The standard InChI is InChI=1S/C12H17N.C2H6/c1-10-4-2-5-11(8-10)12-6-3-7-13-9-12;1-2/h2,4-5,8,12-13H,3,6-7,9H2,1H3;1-2H3. The van der Waals surface area contributed by atoms with Crippen molar-refractivity contribution in [3.63, 3.8) is 0 Å². The van der Waals surface area contributed by atoms with Crippen molar-refractivity contribution in [3.8, 4) is 0 Å². The Kier molecular flexibility index (Phi) is 5.41. The lowest BCUT2D eigenvalue weighted by atomic mass is 9.91. The molecule has 15 heavy (non-hydrogen) atoms. The molecule has 0 aliphatic carbocycles. The van der Waals surface area contributed by atoms with Gasteiger partial charge in [0.05, 0.1) is 0 Å². The highest BCUT2D eigenvalue weighted by atomic mass is 14.9. The van der Waals surface area contributed by atoms with Gasteiger partial charge in [-0.1, -0.05) is 43.7 Å². The molecule has 0 aromatic heterocycles. The van der Waals surface area contributed by atoms with E-state index in [9.17, 15) is 0 Å². The Morgan fingerprint density at radius 1 is 1.27 bits per heavy atom. The van der Waals surface area contributed by atoms with E-state index in [0.717, 1.165) is 12.5 Å². The summed E-state index contributed by atoms with van der Waals surface area (Å²) in [6.07, 6.45) is 2.66. The van der Waals surface area contributed by atoms with E-state index in [1.165, 1.54) is 30.5 Å². The Balaban J connectivity index is 0.000000531. The predicted octanol–water partition coefficient (Wildman–Crippen LogP) is 3.49. The molecule has 0 amide bonds. The van der Waals surface area contributed by atoms with Crippen LogP contribution in [0.4, 0.5) is 0 Å². The Morgan fingerprint density at radius 2 is 2.07 bits per heavy atom. The summed E-state index contributed by atoms with van der Waals surface area (Å²) in [5, 5.41) is 3.45. The van der Waals surface area contributed by atoms with Gasteiger partial charge in [-0.15, -0.1) is 0 Å². The lowest BCUT2D eigenvalue weighted by Gasteiger charge is -2.23. The van der Waals surface area contributed by atoms with E-state index in [4.69, 9.17) is 0 Å². The number of hydrogen-bond acceptors (Lipinski definition) is 1. The smallest absolute Gasteiger partial charge is 0.00201 e. The maximum atomic E-state index is 3.45. The molecule has 84 valence electrons. The second kappa shape index (κ2) is 6.62. The molecule has 0 saturated carbocycles. The molecule has 1 aliphatic heterocycles. The topological polar surface area (TPSA) is 12.0 Å². The van der Waals surface area contributed by atoms with Crippen LogP contribution in [0.5, 0.6) is 0 Å². The molecule has 1 aromatic carbocycles. The summed E-state index contributed by atoms with van der Waals surface area (Å²) in [6.45, 7) is 8.52. The lowest BCUT2D eigenvalue weighted by molar-refractivity contribution is 0.461. The number of piperidine rings is 1. The van der Waals surface area contributed by atoms with Gasteiger partial charge in [0.25, 0.3) is 0 Å². The first-order chi connectivity index (χ1) is 7.36. The highest BCUT2D eigenvalue weighted by Gasteiger charge is 2.14. The van der Waals surface area contributed by atoms with Crippen LogP contribution in [0.2, 0.25) is 0 Å². The fourth-order valence-corrected chi connectivity index (χ4v) is 2.06. The molecule has 1 heterocycles. The monoisotopic (exact) mass is 205 g/mol. The van der Waals surface area contributed by atoms with Crippen molar-refractivity contribution in [3.05, 3.63) is 35.4 Å². The molecule has 1 fully saturated rings. The van der Waals surface area contributed by atoms with Crippen molar-refractivity contribution in [2.45, 2.75) is 39.5 Å². The SMILES string of the molecule is CC.Cc1cccc(C2CCCNC2)c1. The van der Waals surface area contributed by atoms with E-state index in [1.807, 2.05) is 13.8 Å². The summed E-state index contributed by atoms with van der Waals surface area (Å²) in [6, 6.07) is 8.90. The van der Waals surface area contributed by atoms with Gasteiger partial charge in [-0.05, 0) is 37.8 Å². The molecule has 1 unspecified atom stereocenters. The Morgan fingerprint density at radius 3 is 2.67 bits per heavy atom. The van der Waals surface area contributed by atoms with Crippen molar-refractivity contribution in [1.82, 2.24) is 5.32 Å². The molecule has 0 bridgehead atoms. The summed E-state index contributed by atoms with van der Waals surface area (Å²) in [4.78, 5) is 0. The molecular formula is C14H23N. The van der Waals surface area contributed by atoms with Crippen LogP contribution in [0.3, 0.4) is 0 Å². The highest BCUT2D eigenvalue weighted by Crippen LogP contribution is 2.23. The highest BCUT2D eigenvalue weighted by molar-refractivity contribution is 5.26. The van der Waals surface area contributed by atoms with Gasteiger partial charge in [0.1, 0.15) is 0 Å². The third-order valence-corrected chi connectivity index (χ3v) is 2.81. The first-order valence-electron chi connectivity index (χ1n) is 6.13. The zero-order chi connectivity index (χ0) is 11.1. The molecule has 1 aromatic rings. The average Bonchev–Trinajstić information content (AvgIpc) is 2.33. The minimum absolute atomic E-state index is 0.744. The lowest BCUT2D eigenvalue weighted by Crippen LogP contribution is -2.28. The van der Waals surface area contributed by atoms with Crippen LogP contribution in [-0.4, -0.2) is 13.1 Å². The fourth-order valence-electron chi connectivity index (χ4n) is 2.06. The van der Waals surface area contributed by atoms with Crippen molar-refractivity contribution >= 4 is 0 Å². The minimum atomic E-state index is 0.744. The van der Waals surface area contributed by atoms with E-state index >= 15 is 0 Å². The summed E-state index contributed by atoms with van der Waals surface area (Å²) < 4.78 is 0. The molecule has 1 atom stereocenters. The summed E-state index contributed by atoms with van der Waals surface area (Å²) >= 11 is 0. The molecule has 0 spiro atoms. The van der Waals surface area contributed by atoms with Gasteiger partial charge in [-0.25, -0.2) is 0 Å². The van der Waals surface area contributed by atoms with Gasteiger partial charge >= 0.3 is 0 Å². The average molecular weight is 205 g/mol. The van der Waals surface area contributed by atoms with Crippen LogP contribution in [0.25, 0.3) is 0 Å². The summed E-state index contributed by atoms with van der Waals surface area (Å²) in [7, 11) is 0. The van der Waals surface area contributed by atoms with Crippen LogP contribution in [-0.2, 0) is 0 Å².